The number of anilines is 1. The fourth-order valence-electron chi connectivity index (χ4n) is 2.19. The number of nitrogens with zero attached hydrogens (tertiary/aromatic N) is 2. The van der Waals surface area contributed by atoms with E-state index in [0.29, 0.717) is 11.3 Å². The molecular weight excluding hydrogens is 484 g/mol. The molecule has 0 fully saturated rings. The van der Waals surface area contributed by atoms with Gasteiger partial charge in [0, 0.05) is 14.8 Å². The smallest absolute Gasteiger partial charge is 0.437 e. The number of carbonyl (C=O) groups is 2. The summed E-state index contributed by atoms with van der Waals surface area (Å²) >= 11 is 2.10. The van der Waals surface area contributed by atoms with E-state index in [1.54, 1.807) is 18.2 Å². The van der Waals surface area contributed by atoms with Crippen molar-refractivity contribution >= 4 is 40.2 Å². The van der Waals surface area contributed by atoms with Crippen LogP contribution in [-0.2, 0) is 20.9 Å². The van der Waals surface area contributed by atoms with E-state index >= 15 is 0 Å². The van der Waals surface area contributed by atoms with Crippen LogP contribution in [0.25, 0.3) is 11.5 Å². The van der Waals surface area contributed by atoms with Crippen molar-refractivity contribution in [1.29, 1.82) is 0 Å². The number of nitrogens with one attached hydrogen (secondary N) is 1. The molecule has 0 aliphatic carbocycles. The second-order valence-electron chi connectivity index (χ2n) is 5.56. The molecule has 1 heterocycles. The van der Waals surface area contributed by atoms with Gasteiger partial charge < -0.3 is 14.5 Å². The standard InChI is InChI=1S/C18H13FIN3O5/c19-12-6-4-11(5-7-12)17-22-23(18(26)28-17)9-16(25)27-10-15(24)21-14-3-1-2-13(20)8-14/h1-8H,9-10H2,(H,21,24). The number of ether oxygens (including phenoxy) is 1. The van der Waals surface area contributed by atoms with Crippen LogP contribution in [-0.4, -0.2) is 28.3 Å². The Hall–Kier alpha value is -3.02. The molecule has 0 spiro atoms. The maximum Gasteiger partial charge on any atom is 0.437 e. The molecule has 144 valence electrons. The van der Waals surface area contributed by atoms with Gasteiger partial charge in [0.1, 0.15) is 12.4 Å². The fourth-order valence-corrected chi connectivity index (χ4v) is 2.74. The van der Waals surface area contributed by atoms with Gasteiger partial charge in [-0.2, -0.15) is 4.68 Å². The SMILES string of the molecule is O=C(COC(=O)Cn1nc(-c2ccc(F)cc2)oc1=O)Nc1cccc(I)c1. The highest BCUT2D eigenvalue weighted by Gasteiger charge is 2.15. The molecule has 10 heteroatoms. The number of esters is 1. The summed E-state index contributed by atoms with van der Waals surface area (Å²) < 4.78 is 24.5. The highest BCUT2D eigenvalue weighted by atomic mass is 127. The topological polar surface area (TPSA) is 103 Å². The first-order valence-corrected chi connectivity index (χ1v) is 9.03. The molecule has 3 rings (SSSR count). The third kappa shape index (κ3) is 5.25. The average molecular weight is 497 g/mol. The summed E-state index contributed by atoms with van der Waals surface area (Å²) in [5, 5.41) is 6.46. The van der Waals surface area contributed by atoms with Gasteiger partial charge in [0.2, 0.25) is 5.89 Å². The zero-order valence-corrected chi connectivity index (χ0v) is 16.4. The second-order valence-corrected chi connectivity index (χ2v) is 6.80. The van der Waals surface area contributed by atoms with Crippen LogP contribution >= 0.6 is 22.6 Å². The Balaban J connectivity index is 1.55. The molecule has 0 unspecified atom stereocenters. The molecule has 0 aliphatic rings. The first kappa shape index (κ1) is 19.7. The van der Waals surface area contributed by atoms with Crippen LogP contribution in [0, 0.1) is 9.39 Å². The van der Waals surface area contributed by atoms with Gasteiger partial charge in [0.05, 0.1) is 0 Å². The van der Waals surface area contributed by atoms with Crippen molar-refractivity contribution in [3.8, 4) is 11.5 Å². The second kappa shape index (κ2) is 8.78. The number of carbonyl (C=O) groups excluding carboxylic acids is 2. The van der Waals surface area contributed by atoms with Crippen LogP contribution in [0.4, 0.5) is 10.1 Å². The first-order chi connectivity index (χ1) is 13.4. The molecule has 3 aromatic rings. The van der Waals surface area contributed by atoms with Gasteiger partial charge in [-0.25, -0.2) is 9.18 Å². The van der Waals surface area contributed by atoms with Crippen LogP contribution in [0.2, 0.25) is 0 Å². The molecule has 8 nitrogen and oxygen atoms in total. The van der Waals surface area contributed by atoms with E-state index in [1.807, 2.05) is 6.07 Å². The molecule has 0 atom stereocenters. The molecule has 0 radical (unpaired) electrons. The molecule has 0 aliphatic heterocycles. The number of hydrogen-bond donors (Lipinski definition) is 1. The zero-order valence-electron chi connectivity index (χ0n) is 14.2. The van der Waals surface area contributed by atoms with Crippen molar-refractivity contribution in [2.24, 2.45) is 0 Å². The molecule has 2 aromatic carbocycles. The summed E-state index contributed by atoms with van der Waals surface area (Å²) in [5.41, 5.74) is 0.951. The molecule has 0 bridgehead atoms. The van der Waals surface area contributed by atoms with Crippen LogP contribution < -0.4 is 11.1 Å². The summed E-state index contributed by atoms with van der Waals surface area (Å²) in [6, 6.07) is 12.3. The lowest BCUT2D eigenvalue weighted by atomic mass is 10.2. The third-order valence-corrected chi connectivity index (χ3v) is 4.12. The van der Waals surface area contributed by atoms with Crippen LogP contribution in [0.5, 0.6) is 0 Å². The van der Waals surface area contributed by atoms with E-state index < -0.39 is 36.6 Å². The third-order valence-electron chi connectivity index (χ3n) is 3.45. The van der Waals surface area contributed by atoms with Gasteiger partial charge in [0.25, 0.3) is 5.91 Å². The van der Waals surface area contributed by atoms with Crippen LogP contribution in [0.1, 0.15) is 0 Å². The minimum Gasteiger partial charge on any atom is -0.454 e. The van der Waals surface area contributed by atoms with Gasteiger partial charge in [-0.3, -0.25) is 9.59 Å². The molecule has 28 heavy (non-hydrogen) atoms. The Morgan fingerprint density at radius 2 is 1.96 bits per heavy atom. The summed E-state index contributed by atoms with van der Waals surface area (Å²) in [4.78, 5) is 35.5. The Labute approximate surface area is 171 Å². The number of hydrogen-bond acceptors (Lipinski definition) is 6. The lowest BCUT2D eigenvalue weighted by Gasteiger charge is -2.06. The van der Waals surface area contributed by atoms with E-state index in [9.17, 15) is 18.8 Å². The Bertz CT molecular complexity index is 1060. The Morgan fingerprint density at radius 3 is 2.68 bits per heavy atom. The van der Waals surface area contributed by atoms with Crippen molar-refractivity contribution < 1.29 is 23.1 Å². The molecule has 0 saturated heterocycles. The fraction of sp³-hybridized carbons (Fsp3) is 0.111. The van der Waals surface area contributed by atoms with Crippen molar-refractivity contribution in [2.45, 2.75) is 6.54 Å². The highest BCUT2D eigenvalue weighted by molar-refractivity contribution is 14.1. The lowest BCUT2D eigenvalue weighted by Crippen LogP contribution is -2.26. The molecule has 1 aromatic heterocycles. The first-order valence-electron chi connectivity index (χ1n) is 7.95. The molecule has 1 amide bonds. The van der Waals surface area contributed by atoms with Crippen molar-refractivity contribution in [1.82, 2.24) is 9.78 Å². The van der Waals surface area contributed by atoms with Gasteiger partial charge in [-0.15, -0.1) is 5.10 Å². The summed E-state index contributed by atoms with van der Waals surface area (Å²) in [7, 11) is 0. The largest absolute Gasteiger partial charge is 0.454 e. The molecule has 1 N–H and O–H groups in total. The predicted molar refractivity (Wildman–Crippen MR) is 105 cm³/mol. The quantitative estimate of drug-likeness (QED) is 0.415. The van der Waals surface area contributed by atoms with Gasteiger partial charge in [-0.05, 0) is 65.1 Å². The predicted octanol–water partition coefficient (Wildman–Crippen LogP) is 2.43. The summed E-state index contributed by atoms with van der Waals surface area (Å²) in [5.74, 6) is -2.74. The molecular formula is C18H13FIN3O5. The number of aromatic nitrogens is 2. The van der Waals surface area contributed by atoms with Crippen molar-refractivity contribution in [3.05, 3.63) is 68.5 Å². The number of benzene rings is 2. The molecule has 0 saturated carbocycles. The number of halogens is 2. The monoisotopic (exact) mass is 497 g/mol. The minimum absolute atomic E-state index is 0.0609. The minimum atomic E-state index is -0.875. The van der Waals surface area contributed by atoms with Gasteiger partial charge >= 0.3 is 11.7 Å². The van der Waals surface area contributed by atoms with E-state index in [1.165, 1.54) is 24.3 Å². The maximum absolute atomic E-state index is 13.0. The summed E-state index contributed by atoms with van der Waals surface area (Å²) in [6.45, 7) is -1.04. The average Bonchev–Trinajstić information content (AvgIpc) is 3.01. The normalized spacial score (nSPS) is 10.5. The number of rotatable bonds is 6. The van der Waals surface area contributed by atoms with Crippen molar-refractivity contribution in [2.75, 3.05) is 11.9 Å². The van der Waals surface area contributed by atoms with Gasteiger partial charge in [-0.1, -0.05) is 6.07 Å². The lowest BCUT2D eigenvalue weighted by molar-refractivity contribution is -0.148. The Kier molecular flexibility index (Phi) is 6.19. The Morgan fingerprint density at radius 1 is 1.21 bits per heavy atom. The van der Waals surface area contributed by atoms with Crippen molar-refractivity contribution in [3.63, 3.8) is 0 Å². The van der Waals surface area contributed by atoms with Crippen LogP contribution in [0.3, 0.4) is 0 Å². The van der Waals surface area contributed by atoms with E-state index in [4.69, 9.17) is 9.15 Å². The van der Waals surface area contributed by atoms with Crippen LogP contribution in [0.15, 0.2) is 57.7 Å². The van der Waals surface area contributed by atoms with E-state index in [2.05, 4.69) is 33.0 Å². The summed E-state index contributed by atoms with van der Waals surface area (Å²) in [6.07, 6.45) is 0. The number of amides is 1. The zero-order chi connectivity index (χ0) is 20.1. The van der Waals surface area contributed by atoms with E-state index in [0.717, 1.165) is 8.25 Å². The van der Waals surface area contributed by atoms with Gasteiger partial charge in [0.15, 0.2) is 6.61 Å². The maximum atomic E-state index is 13.0. The highest BCUT2D eigenvalue weighted by Crippen LogP contribution is 2.15. The van der Waals surface area contributed by atoms with E-state index in [-0.39, 0.29) is 5.89 Å².